The van der Waals surface area contributed by atoms with Gasteiger partial charge in [0.25, 0.3) is 0 Å². The molecule has 1 unspecified atom stereocenters. The average molecular weight is 279 g/mol. The fraction of sp³-hybridized carbons (Fsp3) is 0.571. The number of hydrogen-bond acceptors (Lipinski definition) is 4. The van der Waals surface area contributed by atoms with Crippen molar-refractivity contribution >= 4 is 17.2 Å². The van der Waals surface area contributed by atoms with Crippen molar-refractivity contribution in [2.24, 2.45) is 0 Å². The molecular formula is C14H21N3OS. The van der Waals surface area contributed by atoms with Crippen molar-refractivity contribution in [1.82, 2.24) is 14.8 Å². The molecule has 0 N–H and O–H groups in total. The van der Waals surface area contributed by atoms with Gasteiger partial charge in [-0.25, -0.2) is 4.98 Å². The first-order valence-electron chi connectivity index (χ1n) is 6.60. The van der Waals surface area contributed by atoms with E-state index in [0.717, 1.165) is 36.5 Å². The Bertz CT molecular complexity index is 450. The van der Waals surface area contributed by atoms with Crippen LogP contribution in [0.4, 0.5) is 0 Å². The zero-order chi connectivity index (χ0) is 13.8. The third kappa shape index (κ3) is 3.64. The highest BCUT2D eigenvalue weighted by molar-refractivity contribution is 7.80. The molecule has 1 atom stereocenters. The van der Waals surface area contributed by atoms with Crippen LogP contribution >= 0.6 is 12.2 Å². The molecule has 0 radical (unpaired) electrons. The highest BCUT2D eigenvalue weighted by Crippen LogP contribution is 2.23. The summed E-state index contributed by atoms with van der Waals surface area (Å²) in [4.78, 5) is 9.41. The summed E-state index contributed by atoms with van der Waals surface area (Å²) in [6.45, 7) is 1.89. The largest absolute Gasteiger partial charge is 0.472 e. The van der Waals surface area contributed by atoms with Crippen LogP contribution in [0, 0.1) is 0 Å². The highest BCUT2D eigenvalue weighted by atomic mass is 32.1. The maximum atomic E-state index is 6.02. The van der Waals surface area contributed by atoms with E-state index >= 15 is 0 Å². The van der Waals surface area contributed by atoms with Crippen LogP contribution < -0.4 is 4.74 Å². The molecule has 104 valence electrons. The number of fused-ring (bicyclic) bond motifs is 1. The van der Waals surface area contributed by atoms with Crippen molar-refractivity contribution in [1.29, 1.82) is 0 Å². The molecule has 2 heterocycles. The van der Waals surface area contributed by atoms with Gasteiger partial charge >= 0.3 is 0 Å². The van der Waals surface area contributed by atoms with Crippen molar-refractivity contribution < 1.29 is 4.74 Å². The molecule has 2 rings (SSSR count). The zero-order valence-corrected chi connectivity index (χ0v) is 12.6. The maximum Gasteiger partial charge on any atom is 0.224 e. The average Bonchev–Trinajstić information content (AvgIpc) is 2.48. The first-order chi connectivity index (χ1) is 9.08. The Morgan fingerprint density at radius 2 is 2.32 bits per heavy atom. The second-order valence-corrected chi connectivity index (χ2v) is 5.61. The normalized spacial score (nSPS) is 19.1. The topological polar surface area (TPSA) is 28.6 Å². The molecule has 0 spiro atoms. The van der Waals surface area contributed by atoms with Crippen LogP contribution in [0.1, 0.15) is 18.4 Å². The number of hydrogen-bond donors (Lipinski definition) is 0. The van der Waals surface area contributed by atoms with E-state index in [0.29, 0.717) is 5.88 Å². The number of nitrogens with zero attached hydrogens (tertiary/aromatic N) is 3. The van der Waals surface area contributed by atoms with Crippen LogP contribution in [0.3, 0.4) is 0 Å². The zero-order valence-electron chi connectivity index (χ0n) is 11.8. The van der Waals surface area contributed by atoms with E-state index in [1.54, 1.807) is 6.20 Å². The molecule has 19 heavy (non-hydrogen) atoms. The second kappa shape index (κ2) is 6.30. The Morgan fingerprint density at radius 1 is 1.53 bits per heavy atom. The van der Waals surface area contributed by atoms with Gasteiger partial charge in [-0.2, -0.15) is 0 Å². The van der Waals surface area contributed by atoms with Gasteiger partial charge in [0.2, 0.25) is 5.88 Å². The lowest BCUT2D eigenvalue weighted by Crippen LogP contribution is -2.33. The van der Waals surface area contributed by atoms with Crippen molar-refractivity contribution in [3.8, 4) is 5.88 Å². The number of likely N-dealkylation sites (N-methyl/N-ethyl adjacent to an activating group) is 1. The first kappa shape index (κ1) is 14.2. The molecule has 5 heteroatoms. The Labute approximate surface area is 120 Å². The fourth-order valence-corrected chi connectivity index (χ4v) is 2.45. The predicted molar refractivity (Wildman–Crippen MR) is 80.8 cm³/mol. The Kier molecular flexibility index (Phi) is 4.71. The SMILES string of the molecule is CN(C)CCCC1CN(C)C(=S)c2cccnc2O1. The summed E-state index contributed by atoms with van der Waals surface area (Å²) in [6, 6.07) is 3.87. The molecule has 4 nitrogen and oxygen atoms in total. The summed E-state index contributed by atoms with van der Waals surface area (Å²) in [5, 5.41) is 0. The third-order valence-electron chi connectivity index (χ3n) is 3.24. The van der Waals surface area contributed by atoms with Crippen LogP contribution in [0.5, 0.6) is 5.88 Å². The van der Waals surface area contributed by atoms with Crippen LogP contribution in [-0.2, 0) is 0 Å². The lowest BCUT2D eigenvalue weighted by molar-refractivity contribution is 0.159. The minimum atomic E-state index is 0.152. The van der Waals surface area contributed by atoms with Crippen LogP contribution in [-0.4, -0.2) is 60.1 Å². The molecule has 1 aliphatic heterocycles. The van der Waals surface area contributed by atoms with Gasteiger partial charge in [-0.3, -0.25) is 0 Å². The smallest absolute Gasteiger partial charge is 0.224 e. The molecule has 1 aromatic heterocycles. The van der Waals surface area contributed by atoms with Gasteiger partial charge in [-0.05, 0) is 45.6 Å². The Hall–Kier alpha value is -1.20. The Morgan fingerprint density at radius 3 is 3.05 bits per heavy atom. The molecule has 1 aromatic rings. The van der Waals surface area contributed by atoms with Crippen LogP contribution in [0.15, 0.2) is 18.3 Å². The van der Waals surface area contributed by atoms with Crippen LogP contribution in [0.25, 0.3) is 0 Å². The summed E-state index contributed by atoms with van der Waals surface area (Å²) >= 11 is 5.47. The molecule has 0 saturated carbocycles. The van der Waals surface area contributed by atoms with Gasteiger partial charge in [0.05, 0.1) is 12.1 Å². The molecule has 0 aromatic carbocycles. The van der Waals surface area contributed by atoms with Crippen LogP contribution in [0.2, 0.25) is 0 Å². The first-order valence-corrected chi connectivity index (χ1v) is 7.00. The summed E-state index contributed by atoms with van der Waals surface area (Å²) in [5.41, 5.74) is 0.926. The number of ether oxygens (including phenoxy) is 1. The number of pyridine rings is 1. The summed E-state index contributed by atoms with van der Waals surface area (Å²) < 4.78 is 6.02. The molecule has 0 amide bonds. The lowest BCUT2D eigenvalue weighted by Gasteiger charge is -2.22. The quantitative estimate of drug-likeness (QED) is 0.784. The van der Waals surface area contributed by atoms with Crippen molar-refractivity contribution in [2.75, 3.05) is 34.2 Å². The van der Waals surface area contributed by atoms with Gasteiger partial charge < -0.3 is 14.5 Å². The molecule has 0 bridgehead atoms. The fourth-order valence-electron chi connectivity index (χ4n) is 2.22. The second-order valence-electron chi connectivity index (χ2n) is 5.23. The summed E-state index contributed by atoms with van der Waals surface area (Å²) in [6.07, 6.45) is 4.03. The summed E-state index contributed by atoms with van der Waals surface area (Å²) in [7, 11) is 6.20. The van der Waals surface area contributed by atoms with E-state index in [1.807, 2.05) is 19.2 Å². The van der Waals surface area contributed by atoms with E-state index in [2.05, 4.69) is 28.9 Å². The lowest BCUT2D eigenvalue weighted by atomic mass is 10.2. The number of thiocarbonyl (C=S) groups is 1. The minimum absolute atomic E-state index is 0.152. The molecule has 0 aliphatic carbocycles. The monoisotopic (exact) mass is 279 g/mol. The van der Waals surface area contributed by atoms with E-state index in [9.17, 15) is 0 Å². The van der Waals surface area contributed by atoms with Gasteiger partial charge in [0.15, 0.2) is 0 Å². The van der Waals surface area contributed by atoms with Gasteiger partial charge in [0.1, 0.15) is 11.1 Å². The third-order valence-corrected chi connectivity index (χ3v) is 3.77. The number of rotatable bonds is 4. The van der Waals surface area contributed by atoms with Crippen molar-refractivity contribution in [3.63, 3.8) is 0 Å². The van der Waals surface area contributed by atoms with E-state index in [4.69, 9.17) is 17.0 Å². The minimum Gasteiger partial charge on any atom is -0.472 e. The van der Waals surface area contributed by atoms with E-state index < -0.39 is 0 Å². The van der Waals surface area contributed by atoms with E-state index in [-0.39, 0.29) is 6.10 Å². The highest BCUT2D eigenvalue weighted by Gasteiger charge is 2.24. The molecule has 0 saturated heterocycles. The van der Waals surface area contributed by atoms with Crippen molar-refractivity contribution in [3.05, 3.63) is 23.9 Å². The van der Waals surface area contributed by atoms with Gasteiger partial charge in [-0.1, -0.05) is 12.2 Å². The van der Waals surface area contributed by atoms with Crippen molar-refractivity contribution in [2.45, 2.75) is 18.9 Å². The maximum absolute atomic E-state index is 6.02. The molecular weight excluding hydrogens is 258 g/mol. The number of aromatic nitrogens is 1. The standard InChI is InChI=1S/C14H21N3OS/c1-16(2)9-5-6-11-10-17(3)14(19)12-7-4-8-15-13(12)18-11/h4,7-8,11H,5-6,9-10H2,1-3H3. The molecule has 1 aliphatic rings. The Balaban J connectivity index is 2.07. The predicted octanol–water partition coefficient (Wildman–Crippen LogP) is 1.79. The molecule has 0 fully saturated rings. The summed E-state index contributed by atoms with van der Waals surface area (Å²) in [5.74, 6) is 0.673. The van der Waals surface area contributed by atoms with E-state index in [1.165, 1.54) is 0 Å². The van der Waals surface area contributed by atoms with Gasteiger partial charge in [-0.15, -0.1) is 0 Å². The van der Waals surface area contributed by atoms with Gasteiger partial charge in [0, 0.05) is 13.2 Å².